The molecule has 3 N–H and O–H groups in total. The fourth-order valence-corrected chi connectivity index (χ4v) is 3.41. The zero-order valence-electron chi connectivity index (χ0n) is 8.45. The summed E-state index contributed by atoms with van der Waals surface area (Å²) in [7, 11) is 0. The SMILES string of the molecule is C[C@@H](O)[C@@]1(C(=O)O)C(=O)N2C=C(CO)S[C@@H]21. The van der Waals surface area contributed by atoms with Gasteiger partial charge in [0.2, 0.25) is 5.41 Å². The first-order valence-corrected chi connectivity index (χ1v) is 5.56. The van der Waals surface area contributed by atoms with Crippen LogP contribution in [0.4, 0.5) is 0 Å². The lowest BCUT2D eigenvalue weighted by Crippen LogP contribution is -2.71. The molecule has 6 nitrogen and oxygen atoms in total. The highest BCUT2D eigenvalue weighted by Crippen LogP contribution is 2.54. The van der Waals surface area contributed by atoms with E-state index in [2.05, 4.69) is 0 Å². The van der Waals surface area contributed by atoms with Gasteiger partial charge in [0.05, 0.1) is 12.7 Å². The van der Waals surface area contributed by atoms with Crippen LogP contribution in [-0.2, 0) is 9.59 Å². The lowest BCUT2D eigenvalue weighted by molar-refractivity contribution is -0.185. The van der Waals surface area contributed by atoms with E-state index in [9.17, 15) is 14.7 Å². The van der Waals surface area contributed by atoms with Gasteiger partial charge in [0.1, 0.15) is 5.37 Å². The van der Waals surface area contributed by atoms with Crippen molar-refractivity contribution in [1.29, 1.82) is 0 Å². The van der Waals surface area contributed by atoms with E-state index in [0.717, 1.165) is 11.8 Å². The number of hydrogen-bond acceptors (Lipinski definition) is 5. The first-order chi connectivity index (χ1) is 7.46. The molecule has 2 heterocycles. The molecule has 0 saturated carbocycles. The number of thioether (sulfide) groups is 1. The number of carboxylic acids is 1. The van der Waals surface area contributed by atoms with E-state index < -0.39 is 28.8 Å². The first-order valence-electron chi connectivity index (χ1n) is 4.68. The number of β-lactam (4-membered cyclic amide) rings is 1. The highest BCUT2D eigenvalue weighted by molar-refractivity contribution is 8.04. The summed E-state index contributed by atoms with van der Waals surface area (Å²) in [5.41, 5.74) is -1.78. The largest absolute Gasteiger partial charge is 0.480 e. The molecule has 7 heteroatoms. The minimum atomic E-state index is -1.78. The maximum absolute atomic E-state index is 11.8. The van der Waals surface area contributed by atoms with Gasteiger partial charge in [-0.1, -0.05) is 11.8 Å². The number of amides is 1. The Kier molecular flexibility index (Phi) is 2.48. The smallest absolute Gasteiger partial charge is 0.325 e. The van der Waals surface area contributed by atoms with Crippen LogP contribution in [0.15, 0.2) is 11.1 Å². The summed E-state index contributed by atoms with van der Waals surface area (Å²) in [5, 5.41) is 26.9. The van der Waals surface area contributed by atoms with Crippen molar-refractivity contribution < 1.29 is 24.9 Å². The summed E-state index contributed by atoms with van der Waals surface area (Å²) in [4.78, 5) is 24.7. The van der Waals surface area contributed by atoms with Gasteiger partial charge >= 0.3 is 5.97 Å². The number of hydrogen-bond donors (Lipinski definition) is 3. The van der Waals surface area contributed by atoms with Gasteiger partial charge in [-0.25, -0.2) is 0 Å². The van der Waals surface area contributed by atoms with Crippen LogP contribution >= 0.6 is 11.8 Å². The van der Waals surface area contributed by atoms with Crippen LogP contribution < -0.4 is 0 Å². The third-order valence-corrected chi connectivity index (χ3v) is 4.30. The van der Waals surface area contributed by atoms with Crippen molar-refractivity contribution in [3.8, 4) is 0 Å². The highest BCUT2D eigenvalue weighted by Gasteiger charge is 2.70. The summed E-state index contributed by atoms with van der Waals surface area (Å²) in [6, 6.07) is 0. The summed E-state index contributed by atoms with van der Waals surface area (Å²) in [6.45, 7) is 1.06. The van der Waals surface area contributed by atoms with Crippen molar-refractivity contribution in [3.63, 3.8) is 0 Å². The van der Waals surface area contributed by atoms with Gasteiger partial charge in [0.25, 0.3) is 5.91 Å². The summed E-state index contributed by atoms with van der Waals surface area (Å²) < 4.78 is 0. The molecule has 1 fully saturated rings. The number of carbonyl (C=O) groups excluding carboxylic acids is 1. The quantitative estimate of drug-likeness (QED) is 0.444. The summed E-state index contributed by atoms with van der Waals surface area (Å²) >= 11 is 1.10. The molecule has 16 heavy (non-hydrogen) atoms. The Balaban J connectivity index is 2.34. The molecule has 2 aliphatic heterocycles. The Bertz CT molecular complexity index is 393. The second-order valence-electron chi connectivity index (χ2n) is 3.79. The number of aliphatic carboxylic acids is 1. The predicted octanol–water partition coefficient (Wildman–Crippen LogP) is -0.813. The van der Waals surface area contributed by atoms with Crippen molar-refractivity contribution in [2.75, 3.05) is 6.61 Å². The molecule has 0 unspecified atom stereocenters. The molecule has 0 spiro atoms. The number of fused-ring (bicyclic) bond motifs is 1. The van der Waals surface area contributed by atoms with E-state index in [-0.39, 0.29) is 6.61 Å². The molecule has 1 amide bonds. The Morgan fingerprint density at radius 1 is 1.75 bits per heavy atom. The molecular weight excluding hydrogens is 234 g/mol. The zero-order chi connectivity index (χ0) is 12.1. The third-order valence-electron chi connectivity index (χ3n) is 2.95. The molecule has 0 bridgehead atoms. The molecule has 1 saturated heterocycles. The maximum atomic E-state index is 11.8. The molecule has 0 aliphatic carbocycles. The van der Waals surface area contributed by atoms with E-state index in [1.54, 1.807) is 0 Å². The number of aliphatic hydroxyl groups is 2. The van der Waals surface area contributed by atoms with Gasteiger partial charge in [-0.2, -0.15) is 0 Å². The number of rotatable bonds is 3. The van der Waals surface area contributed by atoms with E-state index in [0.29, 0.717) is 4.91 Å². The third kappa shape index (κ3) is 1.10. The van der Waals surface area contributed by atoms with Crippen LogP contribution in [-0.4, -0.2) is 50.2 Å². The van der Waals surface area contributed by atoms with Crippen molar-refractivity contribution in [2.45, 2.75) is 18.4 Å². The van der Waals surface area contributed by atoms with Crippen LogP contribution in [0.2, 0.25) is 0 Å². The van der Waals surface area contributed by atoms with E-state index in [1.807, 2.05) is 0 Å². The van der Waals surface area contributed by atoms with Gasteiger partial charge in [0, 0.05) is 11.1 Å². The average molecular weight is 245 g/mol. The molecule has 2 aliphatic rings. The number of aliphatic hydroxyl groups excluding tert-OH is 2. The van der Waals surface area contributed by atoms with Gasteiger partial charge < -0.3 is 20.2 Å². The monoisotopic (exact) mass is 245 g/mol. The molecule has 0 aromatic rings. The van der Waals surface area contributed by atoms with E-state index >= 15 is 0 Å². The predicted molar refractivity (Wildman–Crippen MR) is 55.1 cm³/mol. The van der Waals surface area contributed by atoms with Crippen LogP contribution in [0.1, 0.15) is 6.92 Å². The first kappa shape index (κ1) is 11.4. The van der Waals surface area contributed by atoms with Crippen molar-refractivity contribution >= 4 is 23.6 Å². The molecule has 3 atom stereocenters. The maximum Gasteiger partial charge on any atom is 0.325 e. The Morgan fingerprint density at radius 3 is 2.81 bits per heavy atom. The normalized spacial score (nSPS) is 34.2. The fourth-order valence-electron chi connectivity index (χ4n) is 2.02. The topological polar surface area (TPSA) is 98.1 Å². The van der Waals surface area contributed by atoms with Gasteiger partial charge in [0.15, 0.2) is 0 Å². The molecule has 0 aromatic heterocycles. The molecule has 88 valence electrons. The minimum Gasteiger partial charge on any atom is -0.480 e. The Morgan fingerprint density at radius 2 is 2.38 bits per heavy atom. The molecule has 2 rings (SSSR count). The average Bonchev–Trinajstić information content (AvgIpc) is 2.57. The lowest BCUT2D eigenvalue weighted by Gasteiger charge is -2.49. The van der Waals surface area contributed by atoms with Crippen LogP contribution in [0.5, 0.6) is 0 Å². The van der Waals surface area contributed by atoms with Crippen LogP contribution in [0.25, 0.3) is 0 Å². The van der Waals surface area contributed by atoms with E-state index in [1.165, 1.54) is 18.0 Å². The Hall–Kier alpha value is -1.05. The van der Waals surface area contributed by atoms with Crippen molar-refractivity contribution in [3.05, 3.63) is 11.1 Å². The summed E-state index contributed by atoms with van der Waals surface area (Å²) in [6.07, 6.45) is 0.166. The van der Waals surface area contributed by atoms with Gasteiger partial charge in [-0.15, -0.1) is 0 Å². The lowest BCUT2D eigenvalue weighted by atomic mass is 9.74. The second kappa shape index (κ2) is 3.47. The van der Waals surface area contributed by atoms with Gasteiger partial charge in [-0.3, -0.25) is 9.59 Å². The summed E-state index contributed by atoms with van der Waals surface area (Å²) in [5.74, 6) is -1.95. The number of nitrogens with zero attached hydrogens (tertiary/aromatic N) is 1. The molecule has 0 aromatic carbocycles. The number of carbonyl (C=O) groups is 2. The highest BCUT2D eigenvalue weighted by atomic mass is 32.2. The molecular formula is C9H11NO5S. The Labute approximate surface area is 95.5 Å². The second-order valence-corrected chi connectivity index (χ2v) is 4.99. The zero-order valence-corrected chi connectivity index (χ0v) is 9.27. The number of carboxylic acid groups (broad SMARTS) is 1. The van der Waals surface area contributed by atoms with Crippen molar-refractivity contribution in [2.24, 2.45) is 5.41 Å². The van der Waals surface area contributed by atoms with E-state index in [4.69, 9.17) is 10.2 Å². The van der Waals surface area contributed by atoms with Crippen LogP contribution in [0.3, 0.4) is 0 Å². The molecule has 0 radical (unpaired) electrons. The fraction of sp³-hybridized carbons (Fsp3) is 0.556. The van der Waals surface area contributed by atoms with Gasteiger partial charge in [-0.05, 0) is 6.92 Å². The minimum absolute atomic E-state index is 0.236. The standard InChI is InChI=1S/C9H11NO5S/c1-4(12)9(8(14)15)6(13)10-2-5(3-11)16-7(9)10/h2,4,7,11-12H,3H2,1H3,(H,14,15)/t4-,7-,9-/m1/s1. The van der Waals surface area contributed by atoms with Crippen LogP contribution in [0, 0.1) is 5.41 Å². The van der Waals surface area contributed by atoms with Crippen molar-refractivity contribution in [1.82, 2.24) is 4.90 Å².